The van der Waals surface area contributed by atoms with Crippen molar-refractivity contribution in [1.82, 2.24) is 4.90 Å². The fourth-order valence-electron chi connectivity index (χ4n) is 5.24. The summed E-state index contributed by atoms with van der Waals surface area (Å²) in [5, 5.41) is 0. The number of amides is 1. The molecule has 0 aliphatic carbocycles. The highest BCUT2D eigenvalue weighted by molar-refractivity contribution is 5.79. The summed E-state index contributed by atoms with van der Waals surface area (Å²) in [7, 11) is 0. The van der Waals surface area contributed by atoms with Crippen LogP contribution in [0.15, 0.2) is 42.5 Å². The van der Waals surface area contributed by atoms with Crippen molar-refractivity contribution in [3.05, 3.63) is 70.5 Å². The number of rotatable bonds is 5. The van der Waals surface area contributed by atoms with Gasteiger partial charge in [0.25, 0.3) is 0 Å². The molecule has 206 valence electrons. The lowest BCUT2D eigenvalue weighted by atomic mass is 9.84. The number of hydrogen-bond acceptors (Lipinski definition) is 4. The zero-order valence-corrected chi connectivity index (χ0v) is 20.3. The highest BCUT2D eigenvalue weighted by Crippen LogP contribution is 2.44. The molecule has 12 heteroatoms. The summed E-state index contributed by atoms with van der Waals surface area (Å²) in [6.45, 7) is 2.49. The van der Waals surface area contributed by atoms with Crippen molar-refractivity contribution in [3.8, 4) is 0 Å². The molecule has 2 unspecified atom stereocenters. The Morgan fingerprint density at radius 3 is 2.08 bits per heavy atom. The molecule has 0 aromatic heterocycles. The highest BCUT2D eigenvalue weighted by atomic mass is 19.4. The lowest BCUT2D eigenvalue weighted by molar-refractivity contribution is -0.158. The van der Waals surface area contributed by atoms with Gasteiger partial charge in [-0.2, -0.15) is 26.3 Å². The Bertz CT molecular complexity index is 1160. The first-order valence-corrected chi connectivity index (χ1v) is 11.8. The van der Waals surface area contributed by atoms with Gasteiger partial charge >= 0.3 is 18.3 Å². The van der Waals surface area contributed by atoms with Crippen LogP contribution in [-0.4, -0.2) is 41.6 Å². The van der Waals surface area contributed by atoms with Crippen LogP contribution in [0.1, 0.15) is 61.0 Å². The molecule has 0 saturated carbocycles. The smallest absolute Gasteiger partial charge is 0.416 e. The zero-order valence-electron chi connectivity index (χ0n) is 20.3. The second-order valence-electron chi connectivity index (χ2n) is 9.46. The predicted molar refractivity (Wildman–Crippen MR) is 119 cm³/mol. The van der Waals surface area contributed by atoms with Gasteiger partial charge in [-0.25, -0.2) is 4.39 Å². The number of esters is 1. The van der Waals surface area contributed by atoms with Crippen LogP contribution in [0.3, 0.4) is 0 Å². The third-order valence-electron chi connectivity index (χ3n) is 6.88. The second kappa shape index (κ2) is 10.2. The summed E-state index contributed by atoms with van der Waals surface area (Å²) in [6.07, 6.45) is -12.6. The fraction of sp³-hybridized carbons (Fsp3) is 0.462. The number of benzene rings is 2. The number of hydrogen-bond donors (Lipinski definition) is 0. The van der Waals surface area contributed by atoms with Crippen LogP contribution < -0.4 is 0 Å². The van der Waals surface area contributed by atoms with Gasteiger partial charge in [-0.1, -0.05) is 12.1 Å². The molecule has 5 atom stereocenters. The fourth-order valence-corrected chi connectivity index (χ4v) is 5.24. The van der Waals surface area contributed by atoms with Crippen molar-refractivity contribution in [3.63, 3.8) is 0 Å². The molecule has 2 aliphatic heterocycles. The van der Waals surface area contributed by atoms with Crippen LogP contribution in [0, 0.1) is 5.82 Å². The van der Waals surface area contributed by atoms with Crippen molar-refractivity contribution >= 4 is 11.9 Å². The van der Waals surface area contributed by atoms with Crippen molar-refractivity contribution in [1.29, 1.82) is 0 Å². The van der Waals surface area contributed by atoms with Crippen molar-refractivity contribution in [2.24, 2.45) is 0 Å². The van der Waals surface area contributed by atoms with E-state index >= 15 is 0 Å². The monoisotopic (exact) mass is 547 g/mol. The van der Waals surface area contributed by atoms with E-state index < -0.39 is 65.5 Å². The number of alkyl halides is 6. The molecule has 0 N–H and O–H groups in total. The molecule has 38 heavy (non-hydrogen) atoms. The number of halogens is 7. The largest absolute Gasteiger partial charge is 0.460 e. The topological polar surface area (TPSA) is 55.8 Å². The van der Waals surface area contributed by atoms with E-state index in [-0.39, 0.29) is 36.9 Å². The van der Waals surface area contributed by atoms with Crippen LogP contribution in [0.4, 0.5) is 30.7 Å². The summed E-state index contributed by atoms with van der Waals surface area (Å²) >= 11 is 0. The van der Waals surface area contributed by atoms with Crippen LogP contribution in [0.25, 0.3) is 0 Å². The van der Waals surface area contributed by atoms with Gasteiger partial charge in [0.2, 0.25) is 5.91 Å². The molecule has 0 spiro atoms. The van der Waals surface area contributed by atoms with Crippen LogP contribution in [-0.2, 0) is 31.4 Å². The summed E-state index contributed by atoms with van der Waals surface area (Å²) in [5.41, 5.74) is -2.77. The van der Waals surface area contributed by atoms with Gasteiger partial charge in [0.1, 0.15) is 11.9 Å². The van der Waals surface area contributed by atoms with Gasteiger partial charge in [0.15, 0.2) is 0 Å². The average Bonchev–Trinajstić information content (AvgIpc) is 3.20. The molecule has 4 rings (SSSR count). The summed E-state index contributed by atoms with van der Waals surface area (Å²) in [4.78, 5) is 26.0. The maximum absolute atomic E-state index is 13.7. The maximum atomic E-state index is 13.7. The van der Waals surface area contributed by atoms with Gasteiger partial charge in [-0.15, -0.1) is 0 Å². The van der Waals surface area contributed by atoms with E-state index in [1.54, 1.807) is 0 Å². The normalized spacial score (nSPS) is 24.8. The van der Waals surface area contributed by atoms with E-state index in [2.05, 4.69) is 0 Å². The maximum Gasteiger partial charge on any atom is 0.416 e. The Balaban J connectivity index is 1.72. The highest BCUT2D eigenvalue weighted by Gasteiger charge is 2.52. The van der Waals surface area contributed by atoms with Crippen molar-refractivity contribution < 1.29 is 49.8 Å². The van der Waals surface area contributed by atoms with E-state index in [4.69, 9.17) is 9.47 Å². The summed E-state index contributed by atoms with van der Waals surface area (Å²) in [6, 6.07) is 5.81. The van der Waals surface area contributed by atoms with Gasteiger partial charge < -0.3 is 14.4 Å². The van der Waals surface area contributed by atoms with E-state index in [1.165, 1.54) is 43.0 Å². The van der Waals surface area contributed by atoms with E-state index in [9.17, 15) is 40.3 Å². The Labute approximate surface area is 213 Å². The molecule has 1 amide bonds. The van der Waals surface area contributed by atoms with E-state index in [0.717, 1.165) is 0 Å². The van der Waals surface area contributed by atoms with E-state index in [1.807, 2.05) is 0 Å². The first-order valence-electron chi connectivity index (χ1n) is 11.8. The first-order chi connectivity index (χ1) is 17.6. The third kappa shape index (κ3) is 5.79. The number of carbonyl (C=O) groups is 2. The van der Waals surface area contributed by atoms with Crippen LogP contribution >= 0.6 is 0 Å². The number of piperidine rings is 1. The third-order valence-corrected chi connectivity index (χ3v) is 6.88. The van der Waals surface area contributed by atoms with Gasteiger partial charge in [-0.3, -0.25) is 9.59 Å². The molecule has 2 heterocycles. The van der Waals surface area contributed by atoms with Crippen LogP contribution in [0.2, 0.25) is 0 Å². The number of carbonyl (C=O) groups excluding carboxylic acids is 2. The minimum Gasteiger partial charge on any atom is -0.460 e. The molecule has 2 saturated heterocycles. The molecule has 2 aliphatic rings. The van der Waals surface area contributed by atoms with Crippen molar-refractivity contribution in [2.75, 3.05) is 6.54 Å². The van der Waals surface area contributed by atoms with Crippen LogP contribution in [0.5, 0.6) is 0 Å². The molecular formula is C26H24F7NO4. The Kier molecular flexibility index (Phi) is 7.48. The van der Waals surface area contributed by atoms with Gasteiger partial charge in [0.05, 0.1) is 29.4 Å². The van der Waals surface area contributed by atoms with Gasteiger partial charge in [-0.05, 0) is 54.8 Å². The summed E-state index contributed by atoms with van der Waals surface area (Å²) in [5.74, 6) is -2.07. The lowest BCUT2D eigenvalue weighted by Gasteiger charge is -2.38. The van der Waals surface area contributed by atoms with Crippen molar-refractivity contribution in [2.45, 2.75) is 69.3 Å². The molecule has 0 bridgehead atoms. The quantitative estimate of drug-likeness (QED) is 0.339. The lowest BCUT2D eigenvalue weighted by Crippen LogP contribution is -2.50. The molecule has 5 nitrogen and oxygen atoms in total. The molecular weight excluding hydrogens is 523 g/mol. The molecule has 2 aromatic carbocycles. The first kappa shape index (κ1) is 27.9. The predicted octanol–water partition coefficient (Wildman–Crippen LogP) is 6.03. The Hall–Kier alpha value is -3.15. The average molecular weight is 547 g/mol. The van der Waals surface area contributed by atoms with E-state index in [0.29, 0.717) is 17.7 Å². The van der Waals surface area contributed by atoms with Gasteiger partial charge in [0, 0.05) is 25.8 Å². The number of ether oxygens (including phenoxy) is 2. The number of nitrogens with zero attached hydrogens (tertiary/aromatic N) is 1. The molecule has 2 fully saturated rings. The SMILES string of the molecule is CC(=O)OC1CCC(=O)N2C[C@H](O[C@H](C)c3cc(C(F)(F)F)cc(C(F)(F)F)c3)C(c3ccc(F)cc3)[C@H]12. The molecule has 0 radical (unpaired) electrons. The Morgan fingerprint density at radius 1 is 0.974 bits per heavy atom. The number of fused-ring (bicyclic) bond motifs is 1. The standard InChI is InChI=1S/C26H24F7NO4/c1-13(16-9-17(25(28,29)30)11-18(10-16)26(31,32)33)37-21-12-34-22(36)8-7-20(38-14(2)35)24(34)23(21)15-3-5-19(27)6-4-15/h3-6,9-11,13,20-21,23-24H,7-8,12H2,1-2H3/t13-,20?,21+,23?,24+/m1/s1. The Morgan fingerprint density at radius 2 is 1.55 bits per heavy atom. The summed E-state index contributed by atoms with van der Waals surface area (Å²) < 4.78 is 106. The minimum absolute atomic E-state index is 0.0374. The minimum atomic E-state index is -5.02. The molecule has 2 aromatic rings. The zero-order chi connectivity index (χ0) is 28.0. The second-order valence-corrected chi connectivity index (χ2v) is 9.46.